The largest absolute Gasteiger partial charge is 0.449 e. The van der Waals surface area contributed by atoms with E-state index in [4.69, 9.17) is 4.74 Å². The first-order chi connectivity index (χ1) is 13.8. The van der Waals surface area contributed by atoms with E-state index in [0.717, 1.165) is 12.8 Å². The summed E-state index contributed by atoms with van der Waals surface area (Å²) in [4.78, 5) is 24.5. The molecule has 0 spiro atoms. The molecule has 1 atom stereocenters. The number of hydrogen-bond donors (Lipinski definition) is 1. The number of rotatable bonds is 6. The van der Waals surface area contributed by atoms with Crippen molar-refractivity contribution in [3.05, 3.63) is 59.9 Å². The molecule has 29 heavy (non-hydrogen) atoms. The summed E-state index contributed by atoms with van der Waals surface area (Å²) in [6, 6.07) is 10.6. The maximum Gasteiger partial charge on any atom is 0.338 e. The first-order valence-electron chi connectivity index (χ1n) is 9.15. The standard InChI is InChI=1S/C20H21FN2O5S/c1-14(19(24)22-17-8-6-16(21)7-9-17)28-20(25)15-4-10-18(11-5-15)29(26,27)23-12-2-3-13-23/h4-11,14H,2-3,12-13H2,1H3,(H,22,24)/t14-/m1/s1. The molecule has 7 nitrogen and oxygen atoms in total. The number of benzene rings is 2. The Morgan fingerprint density at radius 1 is 1.03 bits per heavy atom. The molecule has 3 rings (SSSR count). The zero-order chi connectivity index (χ0) is 21.0. The van der Waals surface area contributed by atoms with Crippen molar-refractivity contribution in [1.29, 1.82) is 0 Å². The molecule has 0 aromatic heterocycles. The van der Waals surface area contributed by atoms with Gasteiger partial charge in [-0.2, -0.15) is 4.31 Å². The number of esters is 1. The van der Waals surface area contributed by atoms with Crippen molar-refractivity contribution in [3.8, 4) is 0 Å². The minimum atomic E-state index is -3.56. The van der Waals surface area contributed by atoms with Gasteiger partial charge in [-0.3, -0.25) is 4.79 Å². The summed E-state index contributed by atoms with van der Waals surface area (Å²) in [6.45, 7) is 2.39. The molecular formula is C20H21FN2O5S. The normalized spacial score (nSPS) is 15.7. The highest BCUT2D eigenvalue weighted by Gasteiger charge is 2.27. The van der Waals surface area contributed by atoms with Gasteiger partial charge in [0.2, 0.25) is 10.0 Å². The van der Waals surface area contributed by atoms with Gasteiger partial charge in [0.1, 0.15) is 5.82 Å². The van der Waals surface area contributed by atoms with Crippen LogP contribution in [0.2, 0.25) is 0 Å². The lowest BCUT2D eigenvalue weighted by molar-refractivity contribution is -0.123. The molecule has 2 aromatic carbocycles. The van der Waals surface area contributed by atoms with Gasteiger partial charge >= 0.3 is 5.97 Å². The van der Waals surface area contributed by atoms with E-state index in [1.165, 1.54) is 59.8 Å². The average Bonchev–Trinajstić information content (AvgIpc) is 3.25. The van der Waals surface area contributed by atoms with Crippen molar-refractivity contribution in [2.24, 2.45) is 0 Å². The average molecular weight is 420 g/mol. The molecular weight excluding hydrogens is 399 g/mol. The second-order valence-electron chi connectivity index (χ2n) is 6.68. The van der Waals surface area contributed by atoms with Crippen molar-refractivity contribution in [2.75, 3.05) is 18.4 Å². The molecule has 0 bridgehead atoms. The van der Waals surface area contributed by atoms with E-state index in [1.807, 2.05) is 0 Å². The van der Waals surface area contributed by atoms with Gasteiger partial charge in [0.15, 0.2) is 6.10 Å². The van der Waals surface area contributed by atoms with E-state index in [9.17, 15) is 22.4 Å². The topological polar surface area (TPSA) is 92.8 Å². The van der Waals surface area contributed by atoms with Crippen LogP contribution >= 0.6 is 0 Å². The lowest BCUT2D eigenvalue weighted by Crippen LogP contribution is -2.30. The number of nitrogens with zero attached hydrogens (tertiary/aromatic N) is 1. The zero-order valence-corrected chi connectivity index (χ0v) is 16.6. The van der Waals surface area contributed by atoms with Gasteiger partial charge in [-0.1, -0.05) is 0 Å². The second-order valence-corrected chi connectivity index (χ2v) is 8.62. The van der Waals surface area contributed by atoms with Crippen molar-refractivity contribution in [1.82, 2.24) is 4.31 Å². The molecule has 1 aliphatic heterocycles. The van der Waals surface area contributed by atoms with E-state index in [0.29, 0.717) is 18.8 Å². The number of carbonyl (C=O) groups is 2. The fourth-order valence-electron chi connectivity index (χ4n) is 2.90. The molecule has 0 radical (unpaired) electrons. The van der Waals surface area contributed by atoms with Gasteiger partial charge in [-0.15, -0.1) is 0 Å². The molecule has 1 amide bonds. The van der Waals surface area contributed by atoms with Crippen molar-refractivity contribution in [3.63, 3.8) is 0 Å². The Balaban J connectivity index is 1.61. The van der Waals surface area contributed by atoms with Crippen LogP contribution in [-0.2, 0) is 19.6 Å². The number of hydrogen-bond acceptors (Lipinski definition) is 5. The third-order valence-corrected chi connectivity index (χ3v) is 6.47. The molecule has 1 heterocycles. The first kappa shape index (κ1) is 20.9. The van der Waals surface area contributed by atoms with Crippen LogP contribution in [0.15, 0.2) is 53.4 Å². The fourth-order valence-corrected chi connectivity index (χ4v) is 4.42. The Morgan fingerprint density at radius 2 is 1.62 bits per heavy atom. The monoisotopic (exact) mass is 420 g/mol. The number of amides is 1. The van der Waals surface area contributed by atoms with Gasteiger partial charge in [-0.25, -0.2) is 17.6 Å². The lowest BCUT2D eigenvalue weighted by Gasteiger charge is -2.16. The minimum absolute atomic E-state index is 0.109. The minimum Gasteiger partial charge on any atom is -0.449 e. The molecule has 1 saturated heterocycles. The summed E-state index contributed by atoms with van der Waals surface area (Å²) in [5.74, 6) is -1.76. The highest BCUT2D eigenvalue weighted by Crippen LogP contribution is 2.21. The fraction of sp³-hybridized carbons (Fsp3) is 0.300. The zero-order valence-electron chi connectivity index (χ0n) is 15.8. The van der Waals surface area contributed by atoms with E-state index >= 15 is 0 Å². The predicted octanol–water partition coefficient (Wildman–Crippen LogP) is 2.79. The number of ether oxygens (including phenoxy) is 1. The molecule has 1 N–H and O–H groups in total. The van der Waals surface area contributed by atoms with Gasteiger partial charge in [0, 0.05) is 18.8 Å². The van der Waals surface area contributed by atoms with Crippen molar-refractivity contribution >= 4 is 27.6 Å². The lowest BCUT2D eigenvalue weighted by atomic mass is 10.2. The Bertz CT molecular complexity index is 985. The van der Waals surface area contributed by atoms with Crippen LogP contribution in [0, 0.1) is 5.82 Å². The maximum absolute atomic E-state index is 12.9. The van der Waals surface area contributed by atoms with Gasteiger partial charge in [-0.05, 0) is 68.3 Å². The Labute approximate surface area is 168 Å². The molecule has 2 aromatic rings. The molecule has 0 aliphatic carbocycles. The van der Waals surface area contributed by atoms with Gasteiger partial charge in [0.25, 0.3) is 5.91 Å². The summed E-state index contributed by atoms with van der Waals surface area (Å²) in [5, 5.41) is 2.52. The third-order valence-electron chi connectivity index (χ3n) is 4.56. The summed E-state index contributed by atoms with van der Waals surface area (Å²) in [5.41, 5.74) is 0.502. The second kappa shape index (κ2) is 8.71. The number of anilines is 1. The number of carbonyl (C=O) groups excluding carboxylic acids is 2. The highest BCUT2D eigenvalue weighted by atomic mass is 32.2. The molecule has 0 saturated carbocycles. The number of nitrogens with one attached hydrogen (secondary N) is 1. The molecule has 9 heteroatoms. The van der Waals surface area contributed by atoms with E-state index in [1.54, 1.807) is 0 Å². The smallest absolute Gasteiger partial charge is 0.338 e. The highest BCUT2D eigenvalue weighted by molar-refractivity contribution is 7.89. The van der Waals surface area contributed by atoms with Crippen LogP contribution in [0.4, 0.5) is 10.1 Å². The van der Waals surface area contributed by atoms with Crippen LogP contribution in [-0.4, -0.2) is 43.8 Å². The summed E-state index contributed by atoms with van der Waals surface area (Å²) in [7, 11) is -3.56. The number of halogens is 1. The maximum atomic E-state index is 12.9. The van der Waals surface area contributed by atoms with Crippen LogP contribution < -0.4 is 5.32 Å². The first-order valence-corrected chi connectivity index (χ1v) is 10.6. The summed E-state index contributed by atoms with van der Waals surface area (Å²) in [6.07, 6.45) is 0.573. The summed E-state index contributed by atoms with van der Waals surface area (Å²) >= 11 is 0. The third kappa shape index (κ3) is 4.99. The van der Waals surface area contributed by atoms with E-state index in [2.05, 4.69) is 5.32 Å². The van der Waals surface area contributed by atoms with Crippen molar-refractivity contribution < 1.29 is 27.1 Å². The van der Waals surface area contributed by atoms with Crippen LogP contribution in [0.3, 0.4) is 0 Å². The predicted molar refractivity (Wildman–Crippen MR) is 104 cm³/mol. The Kier molecular flexibility index (Phi) is 6.29. The van der Waals surface area contributed by atoms with Crippen LogP contribution in [0.5, 0.6) is 0 Å². The molecule has 154 valence electrons. The quantitative estimate of drug-likeness (QED) is 0.726. The molecule has 0 unspecified atom stereocenters. The van der Waals surface area contributed by atoms with Gasteiger partial charge < -0.3 is 10.1 Å². The SMILES string of the molecule is C[C@@H](OC(=O)c1ccc(S(=O)(=O)N2CCCC2)cc1)C(=O)Nc1ccc(F)cc1. The van der Waals surface area contributed by atoms with Gasteiger partial charge in [0.05, 0.1) is 10.5 Å². The molecule has 1 aliphatic rings. The Morgan fingerprint density at radius 3 is 2.21 bits per heavy atom. The van der Waals surface area contributed by atoms with Crippen molar-refractivity contribution in [2.45, 2.75) is 30.8 Å². The van der Waals surface area contributed by atoms with Crippen LogP contribution in [0.1, 0.15) is 30.1 Å². The summed E-state index contributed by atoms with van der Waals surface area (Å²) < 4.78 is 44.5. The molecule has 1 fully saturated rings. The van der Waals surface area contributed by atoms with E-state index in [-0.39, 0.29) is 10.5 Å². The van der Waals surface area contributed by atoms with E-state index < -0.39 is 33.8 Å². The number of sulfonamides is 1. The van der Waals surface area contributed by atoms with Crippen LogP contribution in [0.25, 0.3) is 0 Å². The Hall–Kier alpha value is -2.78.